The van der Waals surface area contributed by atoms with Gasteiger partial charge in [-0.2, -0.15) is 9.29 Å². The molecule has 0 bridgehead atoms. The van der Waals surface area contributed by atoms with E-state index in [1.807, 2.05) is 30.3 Å². The van der Waals surface area contributed by atoms with Gasteiger partial charge in [0.15, 0.2) is 0 Å². The normalized spacial score (nSPS) is 15.9. The van der Waals surface area contributed by atoms with E-state index in [2.05, 4.69) is 15.1 Å². The maximum atomic E-state index is 13.2. The molecule has 1 aliphatic heterocycles. The summed E-state index contributed by atoms with van der Waals surface area (Å²) < 4.78 is 33.4. The average molecular weight is 451 g/mol. The minimum Gasteiger partial charge on any atom is -0.339 e. The van der Waals surface area contributed by atoms with Crippen LogP contribution in [0.15, 0.2) is 68.8 Å². The molecule has 0 unspecified atom stereocenters. The second-order valence-corrected chi connectivity index (χ2v) is 9.97. The van der Waals surface area contributed by atoms with Crippen molar-refractivity contribution in [2.45, 2.75) is 30.6 Å². The molecule has 4 aromatic rings. The fourth-order valence-corrected chi connectivity index (χ4v) is 5.56. The molecule has 1 N–H and O–H groups in total. The summed E-state index contributed by atoms with van der Waals surface area (Å²) in [6, 6.07) is 16.1. The Kier molecular flexibility index (Phi) is 5.15. The monoisotopic (exact) mass is 450 g/mol. The first-order valence-electron chi connectivity index (χ1n) is 10.4. The van der Waals surface area contributed by atoms with Crippen molar-refractivity contribution in [3.05, 3.63) is 76.4 Å². The van der Waals surface area contributed by atoms with E-state index in [1.165, 1.54) is 4.31 Å². The molecule has 1 saturated heterocycles. The van der Waals surface area contributed by atoms with Gasteiger partial charge in [0.2, 0.25) is 21.7 Å². The summed E-state index contributed by atoms with van der Waals surface area (Å²) in [6.07, 6.45) is 1.21. The first-order chi connectivity index (χ1) is 15.4. The lowest BCUT2D eigenvalue weighted by molar-refractivity contribution is 0.271. The van der Waals surface area contributed by atoms with Gasteiger partial charge >= 0.3 is 0 Å². The van der Waals surface area contributed by atoms with Gasteiger partial charge in [-0.05, 0) is 49.4 Å². The van der Waals surface area contributed by atoms with Crippen molar-refractivity contribution in [1.82, 2.24) is 19.4 Å². The van der Waals surface area contributed by atoms with Gasteiger partial charge in [0.25, 0.3) is 5.56 Å². The molecule has 0 amide bonds. The van der Waals surface area contributed by atoms with E-state index in [9.17, 15) is 13.2 Å². The lowest BCUT2D eigenvalue weighted by atomic mass is 9.98. The number of fused-ring (bicyclic) bond motifs is 1. The molecule has 0 atom stereocenters. The van der Waals surface area contributed by atoms with Crippen molar-refractivity contribution in [2.75, 3.05) is 13.1 Å². The summed E-state index contributed by atoms with van der Waals surface area (Å²) in [4.78, 5) is 19.3. The van der Waals surface area contributed by atoms with Crippen molar-refractivity contribution >= 4 is 20.9 Å². The zero-order valence-corrected chi connectivity index (χ0v) is 18.3. The summed E-state index contributed by atoms with van der Waals surface area (Å²) in [7, 11) is -3.65. The van der Waals surface area contributed by atoms with Gasteiger partial charge in [0.1, 0.15) is 0 Å². The van der Waals surface area contributed by atoms with Crippen LogP contribution < -0.4 is 5.56 Å². The lowest BCUT2D eigenvalue weighted by Gasteiger charge is -2.29. The Hall–Kier alpha value is -3.30. The van der Waals surface area contributed by atoms with Crippen molar-refractivity contribution in [3.8, 4) is 11.4 Å². The van der Waals surface area contributed by atoms with Crippen LogP contribution in [0.1, 0.15) is 30.2 Å². The standard InChI is InChI=1S/C23H22N4O4S/c1-15-13-18-14-19(7-8-20(18)24-22(15)28)32(29,30)27-11-9-17(10-12-27)23-25-21(26-31-23)16-5-3-2-4-6-16/h2-8,13-14,17H,9-12H2,1H3,(H,24,28). The minimum atomic E-state index is -3.65. The first-order valence-corrected chi connectivity index (χ1v) is 11.9. The van der Waals surface area contributed by atoms with Gasteiger partial charge in [0.05, 0.1) is 4.90 Å². The summed E-state index contributed by atoms with van der Waals surface area (Å²) in [5.41, 5.74) is 1.87. The van der Waals surface area contributed by atoms with Crippen molar-refractivity contribution in [3.63, 3.8) is 0 Å². The molecule has 1 fully saturated rings. The van der Waals surface area contributed by atoms with E-state index >= 15 is 0 Å². The van der Waals surface area contributed by atoms with Crippen LogP contribution in [-0.4, -0.2) is 40.9 Å². The summed E-state index contributed by atoms with van der Waals surface area (Å²) in [5, 5.41) is 4.77. The third-order valence-electron chi connectivity index (χ3n) is 5.92. The van der Waals surface area contributed by atoms with E-state index in [4.69, 9.17) is 4.52 Å². The van der Waals surface area contributed by atoms with Crippen molar-refractivity contribution < 1.29 is 12.9 Å². The Bertz CT molecular complexity index is 1440. The highest BCUT2D eigenvalue weighted by molar-refractivity contribution is 7.89. The molecule has 164 valence electrons. The molecule has 2 aromatic carbocycles. The molecule has 0 saturated carbocycles. The van der Waals surface area contributed by atoms with Gasteiger partial charge in [-0.3, -0.25) is 4.79 Å². The Labute approximate surface area is 184 Å². The van der Waals surface area contributed by atoms with E-state index in [1.54, 1.807) is 31.2 Å². The maximum absolute atomic E-state index is 13.2. The molecular formula is C23H22N4O4S. The molecule has 32 heavy (non-hydrogen) atoms. The van der Waals surface area contributed by atoms with E-state index < -0.39 is 10.0 Å². The van der Waals surface area contributed by atoms with Crippen LogP contribution in [-0.2, 0) is 10.0 Å². The van der Waals surface area contributed by atoms with Crippen LogP contribution in [0.3, 0.4) is 0 Å². The van der Waals surface area contributed by atoms with Gasteiger partial charge in [-0.25, -0.2) is 8.42 Å². The van der Waals surface area contributed by atoms with Crippen molar-refractivity contribution in [1.29, 1.82) is 0 Å². The van der Waals surface area contributed by atoms with Gasteiger partial charge < -0.3 is 9.51 Å². The second-order valence-electron chi connectivity index (χ2n) is 8.03. The van der Waals surface area contributed by atoms with Gasteiger partial charge in [0, 0.05) is 35.7 Å². The number of pyridine rings is 1. The summed E-state index contributed by atoms with van der Waals surface area (Å²) in [5.74, 6) is 1.11. The topological polar surface area (TPSA) is 109 Å². The fraction of sp³-hybridized carbons (Fsp3) is 0.261. The minimum absolute atomic E-state index is 0.0238. The maximum Gasteiger partial charge on any atom is 0.251 e. The predicted octanol–water partition coefficient (Wildman–Crippen LogP) is 3.45. The summed E-state index contributed by atoms with van der Waals surface area (Å²) in [6.45, 7) is 2.45. The van der Waals surface area contributed by atoms with Gasteiger partial charge in [-0.15, -0.1) is 0 Å². The molecular weight excluding hydrogens is 428 g/mol. The molecule has 0 aliphatic carbocycles. The Morgan fingerprint density at radius 2 is 1.81 bits per heavy atom. The quantitative estimate of drug-likeness (QED) is 0.510. The molecule has 1 aliphatic rings. The fourth-order valence-electron chi connectivity index (χ4n) is 4.05. The van der Waals surface area contributed by atoms with Crippen molar-refractivity contribution in [2.24, 2.45) is 0 Å². The molecule has 5 rings (SSSR count). The lowest BCUT2D eigenvalue weighted by Crippen LogP contribution is -2.38. The molecule has 0 spiro atoms. The first kappa shape index (κ1) is 20.6. The number of H-pyrrole nitrogens is 1. The van der Waals surface area contributed by atoms with Crippen LogP contribution in [0.2, 0.25) is 0 Å². The number of aryl methyl sites for hydroxylation is 1. The molecule has 0 radical (unpaired) electrons. The zero-order valence-electron chi connectivity index (χ0n) is 17.5. The molecule has 3 heterocycles. The third-order valence-corrected chi connectivity index (χ3v) is 7.81. The smallest absolute Gasteiger partial charge is 0.251 e. The Morgan fingerprint density at radius 1 is 1.06 bits per heavy atom. The van der Waals surface area contributed by atoms with Crippen LogP contribution in [0.5, 0.6) is 0 Å². The highest BCUT2D eigenvalue weighted by atomic mass is 32.2. The molecule has 2 aromatic heterocycles. The number of benzene rings is 2. The SMILES string of the molecule is Cc1cc2cc(S(=O)(=O)N3CCC(c4nc(-c5ccccc5)no4)CC3)ccc2[nH]c1=O. The van der Waals surface area contributed by atoms with Crippen LogP contribution in [0.25, 0.3) is 22.3 Å². The van der Waals surface area contributed by atoms with Crippen LogP contribution in [0, 0.1) is 6.92 Å². The number of hydrogen-bond acceptors (Lipinski definition) is 6. The molecule has 8 nitrogen and oxygen atoms in total. The highest BCUT2D eigenvalue weighted by Crippen LogP contribution is 2.31. The van der Waals surface area contributed by atoms with E-state index in [0.717, 1.165) is 5.56 Å². The number of rotatable bonds is 4. The van der Waals surface area contributed by atoms with Crippen LogP contribution in [0.4, 0.5) is 0 Å². The number of nitrogens with one attached hydrogen (secondary N) is 1. The zero-order chi connectivity index (χ0) is 22.3. The predicted molar refractivity (Wildman–Crippen MR) is 120 cm³/mol. The molecule has 9 heteroatoms. The average Bonchev–Trinajstić information content (AvgIpc) is 3.31. The second kappa shape index (κ2) is 7.99. The number of nitrogens with zero attached hydrogens (tertiary/aromatic N) is 3. The van der Waals surface area contributed by atoms with E-state index in [0.29, 0.717) is 54.1 Å². The summed E-state index contributed by atoms with van der Waals surface area (Å²) >= 11 is 0. The van der Waals surface area contributed by atoms with Crippen LogP contribution >= 0.6 is 0 Å². The van der Waals surface area contributed by atoms with Gasteiger partial charge in [-0.1, -0.05) is 35.5 Å². The largest absolute Gasteiger partial charge is 0.339 e. The Balaban J connectivity index is 1.32. The number of hydrogen-bond donors (Lipinski definition) is 1. The third kappa shape index (κ3) is 3.74. The number of aromatic amines is 1. The van der Waals surface area contributed by atoms with E-state index in [-0.39, 0.29) is 16.4 Å². The number of piperidine rings is 1. The Morgan fingerprint density at radius 3 is 2.56 bits per heavy atom. The number of sulfonamides is 1. The number of aromatic nitrogens is 3. The highest BCUT2D eigenvalue weighted by Gasteiger charge is 2.32.